The fourth-order valence-electron chi connectivity index (χ4n) is 1.00. The van der Waals surface area contributed by atoms with E-state index in [-0.39, 0.29) is 16.3 Å². The molecule has 0 atom stereocenters. The third kappa shape index (κ3) is 2.03. The number of alkyl halides is 1. The van der Waals surface area contributed by atoms with Gasteiger partial charge in [0.05, 0.1) is 4.92 Å². The van der Waals surface area contributed by atoms with E-state index < -0.39 is 4.92 Å². The molecule has 0 aliphatic carbocycles. The van der Waals surface area contributed by atoms with Crippen LogP contribution in [0.1, 0.15) is 11.1 Å². The lowest BCUT2D eigenvalue weighted by atomic mass is 10.1. The topological polar surface area (TPSA) is 66.9 Å². The minimum atomic E-state index is -0.654. The Morgan fingerprint density at radius 2 is 2.29 bits per heavy atom. The van der Waals surface area contributed by atoms with Crippen LogP contribution in [-0.4, -0.2) is 4.92 Å². The van der Waals surface area contributed by atoms with E-state index in [1.807, 2.05) is 0 Å². The van der Waals surface area contributed by atoms with Crippen LogP contribution < -0.4 is 0 Å². The van der Waals surface area contributed by atoms with Crippen LogP contribution in [0.25, 0.3) is 0 Å². The first-order chi connectivity index (χ1) is 6.60. The molecular weight excluding hydrogens is 271 g/mol. The zero-order valence-electron chi connectivity index (χ0n) is 6.83. The second kappa shape index (κ2) is 4.40. The predicted molar refractivity (Wildman–Crippen MR) is 55.5 cm³/mol. The molecule has 0 N–H and O–H groups in total. The lowest BCUT2D eigenvalue weighted by Crippen LogP contribution is -1.95. The van der Waals surface area contributed by atoms with E-state index >= 15 is 0 Å². The molecule has 4 nitrogen and oxygen atoms in total. The number of nitriles is 1. The predicted octanol–water partition coefficient (Wildman–Crippen LogP) is 3.01. The van der Waals surface area contributed by atoms with E-state index in [2.05, 4.69) is 15.9 Å². The normalized spacial score (nSPS) is 9.50. The maximum atomic E-state index is 10.6. The van der Waals surface area contributed by atoms with Crippen LogP contribution >= 0.6 is 27.5 Å². The number of nitro benzene ring substituents is 1. The highest BCUT2D eigenvalue weighted by Crippen LogP contribution is 2.30. The van der Waals surface area contributed by atoms with Crippen LogP contribution in [0.15, 0.2) is 12.1 Å². The second-order valence-electron chi connectivity index (χ2n) is 2.48. The number of hydrogen-bond acceptors (Lipinski definition) is 3. The summed E-state index contributed by atoms with van der Waals surface area (Å²) in [7, 11) is 0. The first-order valence-electron chi connectivity index (χ1n) is 3.53. The third-order valence-electron chi connectivity index (χ3n) is 1.58. The van der Waals surface area contributed by atoms with Gasteiger partial charge in [0.2, 0.25) is 0 Å². The molecule has 0 aliphatic heterocycles. The van der Waals surface area contributed by atoms with Gasteiger partial charge in [-0.05, 0) is 17.7 Å². The van der Waals surface area contributed by atoms with Crippen LogP contribution in [0, 0.1) is 21.4 Å². The van der Waals surface area contributed by atoms with Crippen molar-refractivity contribution in [2.24, 2.45) is 0 Å². The standard InChI is InChI=1S/C8H4BrClN2O2/c9-3-5-1-6(4-11)8(12(13)14)7(10)2-5/h1-2H,3H2. The zero-order valence-corrected chi connectivity index (χ0v) is 9.17. The fourth-order valence-corrected chi connectivity index (χ4v) is 1.64. The summed E-state index contributed by atoms with van der Waals surface area (Å²) < 4.78 is 0. The Labute approximate surface area is 93.4 Å². The summed E-state index contributed by atoms with van der Waals surface area (Å²) >= 11 is 8.85. The third-order valence-corrected chi connectivity index (χ3v) is 2.52. The van der Waals surface area contributed by atoms with E-state index in [0.29, 0.717) is 5.33 Å². The molecule has 1 rings (SSSR count). The number of hydrogen-bond donors (Lipinski definition) is 0. The molecule has 6 heteroatoms. The lowest BCUT2D eigenvalue weighted by molar-refractivity contribution is -0.385. The van der Waals surface area contributed by atoms with Crippen LogP contribution in [0.3, 0.4) is 0 Å². The maximum Gasteiger partial charge on any atom is 0.305 e. The van der Waals surface area contributed by atoms with E-state index in [1.54, 1.807) is 6.07 Å². The summed E-state index contributed by atoms with van der Waals surface area (Å²) in [4.78, 5) is 9.91. The lowest BCUT2D eigenvalue weighted by Gasteiger charge is -2.00. The molecule has 0 fully saturated rings. The average molecular weight is 275 g/mol. The van der Waals surface area contributed by atoms with E-state index in [1.165, 1.54) is 12.1 Å². The Morgan fingerprint density at radius 3 is 2.71 bits per heavy atom. The van der Waals surface area contributed by atoms with E-state index in [0.717, 1.165) is 5.56 Å². The molecule has 0 unspecified atom stereocenters. The molecule has 14 heavy (non-hydrogen) atoms. The minimum Gasteiger partial charge on any atom is -0.258 e. The van der Waals surface area contributed by atoms with Crippen molar-refractivity contribution >= 4 is 33.2 Å². The molecule has 0 bridgehead atoms. The van der Waals surface area contributed by atoms with Gasteiger partial charge in [-0.15, -0.1) is 0 Å². The van der Waals surface area contributed by atoms with E-state index in [9.17, 15) is 10.1 Å². The van der Waals surface area contributed by atoms with Crippen LogP contribution in [0.4, 0.5) is 5.69 Å². The molecular formula is C8H4BrClN2O2. The van der Waals surface area contributed by atoms with Crippen molar-refractivity contribution in [3.05, 3.63) is 38.4 Å². The summed E-state index contributed by atoms with van der Waals surface area (Å²) in [5.74, 6) is 0. The number of nitro groups is 1. The van der Waals surface area contributed by atoms with Crippen molar-refractivity contribution in [3.63, 3.8) is 0 Å². The molecule has 1 aromatic carbocycles. The molecule has 0 saturated heterocycles. The second-order valence-corrected chi connectivity index (χ2v) is 3.44. The van der Waals surface area contributed by atoms with Gasteiger partial charge in [0.1, 0.15) is 16.7 Å². The van der Waals surface area contributed by atoms with Gasteiger partial charge >= 0.3 is 5.69 Å². The molecule has 0 saturated carbocycles. The Morgan fingerprint density at radius 1 is 1.64 bits per heavy atom. The van der Waals surface area contributed by atoms with E-state index in [4.69, 9.17) is 16.9 Å². The maximum absolute atomic E-state index is 10.6. The number of rotatable bonds is 2. The van der Waals surface area contributed by atoms with Gasteiger partial charge in [-0.3, -0.25) is 10.1 Å². The quantitative estimate of drug-likeness (QED) is 0.473. The number of nitrogens with zero attached hydrogens (tertiary/aromatic N) is 2. The van der Waals surface area contributed by atoms with Gasteiger partial charge in [0, 0.05) is 5.33 Å². The molecule has 0 heterocycles. The number of benzene rings is 1. The van der Waals surface area contributed by atoms with Crippen molar-refractivity contribution in [2.45, 2.75) is 5.33 Å². The molecule has 0 aromatic heterocycles. The largest absolute Gasteiger partial charge is 0.305 e. The zero-order chi connectivity index (χ0) is 10.7. The Kier molecular flexibility index (Phi) is 3.44. The van der Waals surface area contributed by atoms with Gasteiger partial charge in [0.25, 0.3) is 0 Å². The Balaban J connectivity index is 3.44. The summed E-state index contributed by atoms with van der Waals surface area (Å²) in [6, 6.07) is 4.66. The molecule has 0 amide bonds. The SMILES string of the molecule is N#Cc1cc(CBr)cc(Cl)c1[N+](=O)[O-]. The van der Waals surface area contributed by atoms with Gasteiger partial charge in [-0.1, -0.05) is 27.5 Å². The molecule has 1 aromatic rings. The van der Waals surface area contributed by atoms with Crippen molar-refractivity contribution in [1.29, 1.82) is 5.26 Å². The first kappa shape index (κ1) is 11.0. The minimum absolute atomic E-state index is 0.0106. The highest BCUT2D eigenvalue weighted by atomic mass is 79.9. The summed E-state index contributed by atoms with van der Waals surface area (Å²) in [6.07, 6.45) is 0. The molecule has 0 radical (unpaired) electrons. The van der Waals surface area contributed by atoms with Gasteiger partial charge in [-0.25, -0.2) is 0 Å². The Hall–Kier alpha value is -1.12. The van der Waals surface area contributed by atoms with Crippen molar-refractivity contribution in [2.75, 3.05) is 0 Å². The summed E-state index contributed by atoms with van der Waals surface area (Å²) in [5, 5.41) is 19.7. The smallest absolute Gasteiger partial charge is 0.258 e. The van der Waals surface area contributed by atoms with Crippen LogP contribution in [0.2, 0.25) is 5.02 Å². The fraction of sp³-hybridized carbons (Fsp3) is 0.125. The van der Waals surface area contributed by atoms with Gasteiger partial charge in [0.15, 0.2) is 0 Å². The van der Waals surface area contributed by atoms with Crippen molar-refractivity contribution in [3.8, 4) is 6.07 Å². The van der Waals surface area contributed by atoms with Gasteiger partial charge in [-0.2, -0.15) is 5.26 Å². The van der Waals surface area contributed by atoms with Crippen LogP contribution in [-0.2, 0) is 5.33 Å². The summed E-state index contributed by atoms with van der Waals surface area (Å²) in [6.45, 7) is 0. The molecule has 0 spiro atoms. The van der Waals surface area contributed by atoms with Crippen molar-refractivity contribution in [1.82, 2.24) is 0 Å². The molecule has 72 valence electrons. The summed E-state index contributed by atoms with van der Waals surface area (Å²) in [5.41, 5.74) is 0.382. The highest BCUT2D eigenvalue weighted by molar-refractivity contribution is 9.08. The van der Waals surface area contributed by atoms with Crippen LogP contribution in [0.5, 0.6) is 0 Å². The van der Waals surface area contributed by atoms with Crippen molar-refractivity contribution < 1.29 is 4.92 Å². The Bertz CT molecular complexity index is 428. The first-order valence-corrected chi connectivity index (χ1v) is 5.03. The monoisotopic (exact) mass is 274 g/mol. The highest BCUT2D eigenvalue weighted by Gasteiger charge is 2.19. The molecule has 0 aliphatic rings. The average Bonchev–Trinajstić information content (AvgIpc) is 2.15. The van der Waals surface area contributed by atoms with Gasteiger partial charge < -0.3 is 0 Å². The number of halogens is 2.